The fourth-order valence-electron chi connectivity index (χ4n) is 7.30. The summed E-state index contributed by atoms with van der Waals surface area (Å²) >= 11 is 1.83. The first-order valence-electron chi connectivity index (χ1n) is 17.1. The molecule has 3 nitrogen and oxygen atoms in total. The fraction of sp³-hybridized carbons (Fsp3) is 0. The number of thiophene rings is 1. The number of benzene rings is 8. The van der Waals surface area contributed by atoms with E-state index in [1.165, 1.54) is 52.8 Å². The van der Waals surface area contributed by atoms with Crippen molar-refractivity contribution >= 4 is 53.1 Å². The maximum absolute atomic E-state index is 5.16. The van der Waals surface area contributed by atoms with Gasteiger partial charge >= 0.3 is 0 Å². The summed E-state index contributed by atoms with van der Waals surface area (Å²) in [4.78, 5) is 15.3. The minimum absolute atomic E-state index is 0.653. The Balaban J connectivity index is 1.20. The van der Waals surface area contributed by atoms with Gasteiger partial charge in [-0.2, -0.15) is 0 Å². The second-order valence-electron chi connectivity index (χ2n) is 12.8. The minimum Gasteiger partial charge on any atom is -0.208 e. The number of aromatic nitrogens is 3. The Kier molecular flexibility index (Phi) is 7.00. The van der Waals surface area contributed by atoms with Crippen LogP contribution in [0.2, 0.25) is 0 Å². The van der Waals surface area contributed by atoms with Crippen LogP contribution in [0.4, 0.5) is 0 Å². The van der Waals surface area contributed by atoms with E-state index in [0.717, 1.165) is 27.8 Å². The van der Waals surface area contributed by atoms with Crippen molar-refractivity contribution in [3.63, 3.8) is 0 Å². The molecule has 0 saturated carbocycles. The molecule has 0 saturated heterocycles. The summed E-state index contributed by atoms with van der Waals surface area (Å²) in [5.74, 6) is 1.96. The Labute approximate surface area is 299 Å². The molecule has 2 aromatic heterocycles. The van der Waals surface area contributed by atoms with Crippen LogP contribution < -0.4 is 0 Å². The topological polar surface area (TPSA) is 38.7 Å². The highest BCUT2D eigenvalue weighted by atomic mass is 32.1. The summed E-state index contributed by atoms with van der Waals surface area (Å²) in [6.45, 7) is 0. The zero-order chi connectivity index (χ0) is 33.7. The lowest BCUT2D eigenvalue weighted by atomic mass is 9.91. The van der Waals surface area contributed by atoms with Crippen LogP contribution in [0.25, 0.3) is 98.1 Å². The van der Waals surface area contributed by atoms with Gasteiger partial charge in [-0.3, -0.25) is 0 Å². The Morgan fingerprint density at radius 1 is 0.333 bits per heavy atom. The van der Waals surface area contributed by atoms with E-state index >= 15 is 0 Å². The second-order valence-corrected chi connectivity index (χ2v) is 13.8. The van der Waals surface area contributed by atoms with E-state index in [1.807, 2.05) is 47.7 Å². The molecule has 4 heteroatoms. The van der Waals surface area contributed by atoms with Gasteiger partial charge in [0.1, 0.15) is 0 Å². The summed E-state index contributed by atoms with van der Waals surface area (Å²) in [7, 11) is 0. The summed E-state index contributed by atoms with van der Waals surface area (Å²) in [5.41, 5.74) is 7.56. The fourth-order valence-corrected chi connectivity index (χ4v) is 8.57. The van der Waals surface area contributed by atoms with Crippen molar-refractivity contribution < 1.29 is 0 Å². The largest absolute Gasteiger partial charge is 0.208 e. The lowest BCUT2D eigenvalue weighted by Crippen LogP contribution is -2.01. The van der Waals surface area contributed by atoms with Crippen LogP contribution in [0.3, 0.4) is 0 Å². The predicted octanol–water partition coefficient (Wildman–Crippen LogP) is 12.9. The van der Waals surface area contributed by atoms with Crippen molar-refractivity contribution in [2.45, 2.75) is 0 Å². The molecule has 0 atom stereocenters. The Morgan fingerprint density at radius 2 is 0.882 bits per heavy atom. The molecule has 51 heavy (non-hydrogen) atoms. The standard InChI is InChI=1S/C47H29N3S/c1-3-13-32(14-4-1)45-48-46(33-15-5-2-6-16-33)50-47(49-45)40-28-27-39-38-21-11-12-22-42(38)51-44(39)43(40)31-25-23-30(24-26-31)41-29-34-17-7-8-18-35(34)36-19-9-10-20-37(36)41/h1-29H. The first kappa shape index (κ1) is 29.4. The normalized spacial score (nSPS) is 11.5. The molecule has 0 N–H and O–H groups in total. The van der Waals surface area contributed by atoms with Gasteiger partial charge in [0.25, 0.3) is 0 Å². The van der Waals surface area contributed by atoms with E-state index in [1.54, 1.807) is 0 Å². The highest BCUT2D eigenvalue weighted by Crippen LogP contribution is 2.45. The van der Waals surface area contributed by atoms with Gasteiger partial charge < -0.3 is 0 Å². The molecule has 10 rings (SSSR count). The summed E-state index contributed by atoms with van der Waals surface area (Å²) in [6.07, 6.45) is 0. The van der Waals surface area contributed by atoms with Gasteiger partial charge in [0.05, 0.1) is 0 Å². The summed E-state index contributed by atoms with van der Waals surface area (Å²) in [6, 6.07) is 62.2. The Bertz CT molecular complexity index is 2840. The Hall–Kier alpha value is -6.49. The van der Waals surface area contributed by atoms with Crippen LogP contribution in [0.5, 0.6) is 0 Å². The highest BCUT2D eigenvalue weighted by Gasteiger charge is 2.20. The van der Waals surface area contributed by atoms with Crippen molar-refractivity contribution in [2.24, 2.45) is 0 Å². The van der Waals surface area contributed by atoms with Crippen molar-refractivity contribution in [1.82, 2.24) is 15.0 Å². The van der Waals surface area contributed by atoms with E-state index in [0.29, 0.717) is 17.5 Å². The lowest BCUT2D eigenvalue weighted by molar-refractivity contribution is 1.07. The van der Waals surface area contributed by atoms with Gasteiger partial charge in [-0.15, -0.1) is 11.3 Å². The van der Waals surface area contributed by atoms with Crippen LogP contribution in [0.15, 0.2) is 176 Å². The molecule has 0 aliphatic rings. The van der Waals surface area contributed by atoms with Crippen molar-refractivity contribution in [2.75, 3.05) is 0 Å². The Morgan fingerprint density at radius 3 is 1.59 bits per heavy atom. The third-order valence-corrected chi connectivity index (χ3v) is 10.9. The average Bonchev–Trinajstić information content (AvgIpc) is 3.60. The molecular formula is C47H29N3S. The zero-order valence-electron chi connectivity index (χ0n) is 27.5. The van der Waals surface area contributed by atoms with Gasteiger partial charge in [0, 0.05) is 42.4 Å². The molecule has 0 bridgehead atoms. The number of rotatable bonds is 5. The predicted molar refractivity (Wildman–Crippen MR) is 215 cm³/mol. The number of fused-ring (bicyclic) bond motifs is 6. The number of hydrogen-bond donors (Lipinski definition) is 0. The molecule has 238 valence electrons. The van der Waals surface area contributed by atoms with Crippen molar-refractivity contribution in [3.8, 4) is 56.4 Å². The molecule has 0 aliphatic carbocycles. The van der Waals surface area contributed by atoms with Gasteiger partial charge in [0.2, 0.25) is 0 Å². The molecule has 0 amide bonds. The molecule has 0 fully saturated rings. The molecule has 8 aromatic carbocycles. The lowest BCUT2D eigenvalue weighted by Gasteiger charge is -2.15. The minimum atomic E-state index is 0.653. The van der Waals surface area contributed by atoms with E-state index in [9.17, 15) is 0 Å². The van der Waals surface area contributed by atoms with Crippen LogP contribution in [0, 0.1) is 0 Å². The molecular weight excluding hydrogens is 639 g/mol. The molecule has 0 spiro atoms. The van der Waals surface area contributed by atoms with E-state index in [2.05, 4.69) is 140 Å². The van der Waals surface area contributed by atoms with E-state index in [-0.39, 0.29) is 0 Å². The maximum Gasteiger partial charge on any atom is 0.164 e. The molecule has 0 aliphatic heterocycles. The first-order valence-corrected chi connectivity index (χ1v) is 17.9. The quantitative estimate of drug-likeness (QED) is 0.171. The van der Waals surface area contributed by atoms with E-state index < -0.39 is 0 Å². The maximum atomic E-state index is 5.16. The zero-order valence-corrected chi connectivity index (χ0v) is 28.3. The monoisotopic (exact) mass is 667 g/mol. The van der Waals surface area contributed by atoms with Crippen LogP contribution >= 0.6 is 11.3 Å². The van der Waals surface area contributed by atoms with Gasteiger partial charge in [0.15, 0.2) is 17.5 Å². The van der Waals surface area contributed by atoms with Gasteiger partial charge in [-0.1, -0.05) is 158 Å². The van der Waals surface area contributed by atoms with Gasteiger partial charge in [-0.25, -0.2) is 15.0 Å². The molecule has 10 aromatic rings. The first-order chi connectivity index (χ1) is 25.3. The van der Waals surface area contributed by atoms with Gasteiger partial charge in [-0.05, 0) is 56.4 Å². The molecule has 0 unspecified atom stereocenters. The smallest absolute Gasteiger partial charge is 0.164 e. The second kappa shape index (κ2) is 12.1. The van der Waals surface area contributed by atoms with E-state index in [4.69, 9.17) is 15.0 Å². The SMILES string of the molecule is c1ccc(-c2nc(-c3ccccc3)nc(-c3ccc4c(sc5ccccc54)c3-c3ccc(-c4cc5ccccc5c5ccccc45)cc3)n2)cc1. The third-order valence-electron chi connectivity index (χ3n) is 9.74. The van der Waals surface area contributed by atoms with Crippen LogP contribution in [-0.2, 0) is 0 Å². The number of hydrogen-bond acceptors (Lipinski definition) is 4. The third kappa shape index (κ3) is 5.08. The van der Waals surface area contributed by atoms with Crippen LogP contribution in [0.1, 0.15) is 0 Å². The average molecular weight is 668 g/mol. The molecule has 2 heterocycles. The van der Waals surface area contributed by atoms with Crippen molar-refractivity contribution in [1.29, 1.82) is 0 Å². The summed E-state index contributed by atoms with van der Waals surface area (Å²) in [5, 5.41) is 7.53. The van der Waals surface area contributed by atoms with Crippen molar-refractivity contribution in [3.05, 3.63) is 176 Å². The highest BCUT2D eigenvalue weighted by molar-refractivity contribution is 7.26. The summed E-state index contributed by atoms with van der Waals surface area (Å²) < 4.78 is 2.48. The number of nitrogens with zero attached hydrogens (tertiary/aromatic N) is 3. The molecule has 0 radical (unpaired) electrons. The van der Waals surface area contributed by atoms with Crippen LogP contribution in [-0.4, -0.2) is 15.0 Å².